The molecule has 0 spiro atoms. The van der Waals surface area contributed by atoms with Gasteiger partial charge in [0.25, 0.3) is 11.8 Å². The Morgan fingerprint density at radius 2 is 1.38 bits per heavy atom. The summed E-state index contributed by atoms with van der Waals surface area (Å²) in [6, 6.07) is 12.9. The third-order valence-corrected chi connectivity index (χ3v) is 5.14. The molecule has 152 valence electrons. The minimum atomic E-state index is -0.270. The summed E-state index contributed by atoms with van der Waals surface area (Å²) >= 11 is 0. The minimum absolute atomic E-state index is 0.121. The molecule has 2 aromatic rings. The molecular formula is C24H27FN2O2. The first-order chi connectivity index (χ1) is 14.1. The van der Waals surface area contributed by atoms with Gasteiger partial charge in [0.2, 0.25) is 0 Å². The Morgan fingerprint density at radius 1 is 0.793 bits per heavy atom. The van der Waals surface area contributed by atoms with Crippen molar-refractivity contribution in [3.63, 3.8) is 0 Å². The van der Waals surface area contributed by atoms with E-state index >= 15 is 0 Å². The van der Waals surface area contributed by atoms with Gasteiger partial charge < -0.3 is 10.6 Å². The standard InChI is InChI=1S/C24H27FN2O2/c25-22-12-6-19(7-13-22)15-17-27-24(29)21-10-8-20(9-11-21)23(28)26-16-14-18-4-2-1-3-5-18/h4,6-13H,1-3,5,14-17H2,(H,26,28)(H,27,29). The maximum atomic E-state index is 12.9. The number of benzene rings is 2. The Balaban J connectivity index is 1.42. The summed E-state index contributed by atoms with van der Waals surface area (Å²) in [6.07, 6.45) is 8.62. The molecule has 0 saturated heterocycles. The predicted octanol–water partition coefficient (Wildman–Crippen LogP) is 4.42. The van der Waals surface area contributed by atoms with Crippen molar-refractivity contribution in [2.24, 2.45) is 0 Å². The lowest BCUT2D eigenvalue weighted by Crippen LogP contribution is -2.26. The molecule has 2 aromatic carbocycles. The molecule has 3 rings (SSSR count). The average Bonchev–Trinajstić information content (AvgIpc) is 2.76. The third-order valence-electron chi connectivity index (χ3n) is 5.14. The van der Waals surface area contributed by atoms with Gasteiger partial charge in [-0.1, -0.05) is 23.8 Å². The quantitative estimate of drug-likeness (QED) is 0.651. The molecule has 0 aliphatic heterocycles. The van der Waals surface area contributed by atoms with Crippen molar-refractivity contribution < 1.29 is 14.0 Å². The average molecular weight is 394 g/mol. The summed E-state index contributed by atoms with van der Waals surface area (Å²) in [4.78, 5) is 24.5. The van der Waals surface area contributed by atoms with Gasteiger partial charge in [-0.15, -0.1) is 0 Å². The van der Waals surface area contributed by atoms with Crippen LogP contribution >= 0.6 is 0 Å². The first-order valence-electron chi connectivity index (χ1n) is 10.2. The molecule has 0 unspecified atom stereocenters. The molecule has 0 atom stereocenters. The molecule has 29 heavy (non-hydrogen) atoms. The van der Waals surface area contributed by atoms with Crippen LogP contribution in [0.3, 0.4) is 0 Å². The summed E-state index contributed by atoms with van der Waals surface area (Å²) in [5, 5.41) is 5.79. The number of carbonyl (C=O) groups excluding carboxylic acids is 2. The van der Waals surface area contributed by atoms with Crippen molar-refractivity contribution in [1.82, 2.24) is 10.6 Å². The highest BCUT2D eigenvalue weighted by molar-refractivity contribution is 5.97. The molecule has 0 radical (unpaired) electrons. The summed E-state index contributed by atoms with van der Waals surface area (Å²) < 4.78 is 12.9. The molecular weight excluding hydrogens is 367 g/mol. The lowest BCUT2D eigenvalue weighted by Gasteiger charge is -2.13. The number of hydrogen-bond acceptors (Lipinski definition) is 2. The van der Waals surface area contributed by atoms with Gasteiger partial charge in [0.1, 0.15) is 5.82 Å². The Bertz CT molecular complexity index is 857. The van der Waals surface area contributed by atoms with Crippen molar-refractivity contribution in [1.29, 1.82) is 0 Å². The largest absolute Gasteiger partial charge is 0.352 e. The SMILES string of the molecule is O=C(NCCC1=CCCCC1)c1ccc(C(=O)NCCc2ccc(F)cc2)cc1. The van der Waals surface area contributed by atoms with Crippen LogP contribution in [-0.4, -0.2) is 24.9 Å². The Hall–Kier alpha value is -2.95. The van der Waals surface area contributed by atoms with Gasteiger partial charge in [-0.25, -0.2) is 4.39 Å². The molecule has 0 fully saturated rings. The molecule has 0 bridgehead atoms. The van der Waals surface area contributed by atoms with Crippen LogP contribution in [0.25, 0.3) is 0 Å². The van der Waals surface area contributed by atoms with Crippen LogP contribution in [0.1, 0.15) is 58.4 Å². The Morgan fingerprint density at radius 3 is 1.93 bits per heavy atom. The van der Waals surface area contributed by atoms with Gasteiger partial charge >= 0.3 is 0 Å². The second kappa shape index (κ2) is 10.6. The fourth-order valence-electron chi connectivity index (χ4n) is 3.42. The highest BCUT2D eigenvalue weighted by atomic mass is 19.1. The molecule has 1 aliphatic rings. The van der Waals surface area contributed by atoms with Crippen molar-refractivity contribution in [2.75, 3.05) is 13.1 Å². The normalized spacial score (nSPS) is 13.5. The molecule has 0 saturated carbocycles. The topological polar surface area (TPSA) is 58.2 Å². The molecule has 4 nitrogen and oxygen atoms in total. The number of rotatable bonds is 8. The molecule has 5 heteroatoms. The second-order valence-corrected chi connectivity index (χ2v) is 7.32. The van der Waals surface area contributed by atoms with E-state index < -0.39 is 0 Å². The van der Waals surface area contributed by atoms with E-state index in [2.05, 4.69) is 16.7 Å². The first-order valence-corrected chi connectivity index (χ1v) is 10.2. The van der Waals surface area contributed by atoms with Gasteiger partial charge in [0.15, 0.2) is 0 Å². The summed E-state index contributed by atoms with van der Waals surface area (Å²) in [5.74, 6) is -0.582. The number of nitrogens with one attached hydrogen (secondary N) is 2. The molecule has 2 amide bonds. The maximum absolute atomic E-state index is 12.9. The highest BCUT2D eigenvalue weighted by Gasteiger charge is 2.09. The van der Waals surface area contributed by atoms with Crippen molar-refractivity contribution in [3.8, 4) is 0 Å². The van der Waals surface area contributed by atoms with E-state index in [0.717, 1.165) is 24.8 Å². The predicted molar refractivity (Wildman–Crippen MR) is 112 cm³/mol. The number of halogens is 1. The van der Waals surface area contributed by atoms with Crippen LogP contribution in [0.2, 0.25) is 0 Å². The molecule has 0 aromatic heterocycles. The summed E-state index contributed by atoms with van der Waals surface area (Å²) in [7, 11) is 0. The Kier molecular flexibility index (Phi) is 7.56. The van der Waals surface area contributed by atoms with Gasteiger partial charge in [-0.05, 0) is 80.5 Å². The van der Waals surface area contributed by atoms with Gasteiger partial charge in [-0.2, -0.15) is 0 Å². The smallest absolute Gasteiger partial charge is 0.251 e. The number of allylic oxidation sites excluding steroid dienone is 1. The fraction of sp³-hybridized carbons (Fsp3) is 0.333. The second-order valence-electron chi connectivity index (χ2n) is 7.32. The van der Waals surface area contributed by atoms with Gasteiger partial charge in [0, 0.05) is 24.2 Å². The zero-order valence-electron chi connectivity index (χ0n) is 16.5. The number of amides is 2. The van der Waals surface area contributed by atoms with Gasteiger partial charge in [-0.3, -0.25) is 9.59 Å². The van der Waals surface area contributed by atoms with E-state index in [-0.39, 0.29) is 17.6 Å². The van der Waals surface area contributed by atoms with E-state index in [1.165, 1.54) is 30.5 Å². The van der Waals surface area contributed by atoms with Crippen molar-refractivity contribution >= 4 is 11.8 Å². The maximum Gasteiger partial charge on any atom is 0.251 e. The molecule has 0 heterocycles. The monoisotopic (exact) mass is 394 g/mol. The zero-order chi connectivity index (χ0) is 20.5. The minimum Gasteiger partial charge on any atom is -0.352 e. The lowest BCUT2D eigenvalue weighted by molar-refractivity contribution is 0.0942. The highest BCUT2D eigenvalue weighted by Crippen LogP contribution is 2.19. The van der Waals surface area contributed by atoms with E-state index in [0.29, 0.717) is 30.6 Å². The first kappa shape index (κ1) is 20.8. The zero-order valence-corrected chi connectivity index (χ0v) is 16.5. The van der Waals surface area contributed by atoms with Crippen LogP contribution in [0.15, 0.2) is 60.2 Å². The molecule has 1 aliphatic carbocycles. The van der Waals surface area contributed by atoms with Crippen molar-refractivity contribution in [3.05, 3.63) is 82.7 Å². The Labute approximate surface area is 171 Å². The number of hydrogen-bond donors (Lipinski definition) is 2. The summed E-state index contributed by atoms with van der Waals surface area (Å²) in [6.45, 7) is 1.10. The van der Waals surface area contributed by atoms with E-state index in [9.17, 15) is 14.0 Å². The van der Waals surface area contributed by atoms with E-state index in [1.807, 2.05) is 0 Å². The van der Waals surface area contributed by atoms with E-state index in [1.54, 1.807) is 36.4 Å². The molecule has 2 N–H and O–H groups in total. The van der Waals surface area contributed by atoms with Crippen LogP contribution in [-0.2, 0) is 6.42 Å². The van der Waals surface area contributed by atoms with Crippen LogP contribution in [0.5, 0.6) is 0 Å². The van der Waals surface area contributed by atoms with Crippen LogP contribution in [0, 0.1) is 5.82 Å². The van der Waals surface area contributed by atoms with Crippen LogP contribution < -0.4 is 10.6 Å². The fourth-order valence-corrected chi connectivity index (χ4v) is 3.42. The van der Waals surface area contributed by atoms with Gasteiger partial charge in [0.05, 0.1) is 0 Å². The summed E-state index contributed by atoms with van der Waals surface area (Å²) in [5.41, 5.74) is 3.45. The third kappa shape index (κ3) is 6.56. The van der Waals surface area contributed by atoms with Crippen LogP contribution in [0.4, 0.5) is 4.39 Å². The number of carbonyl (C=O) groups is 2. The lowest BCUT2D eigenvalue weighted by atomic mass is 9.97. The van der Waals surface area contributed by atoms with Crippen molar-refractivity contribution in [2.45, 2.75) is 38.5 Å². The van der Waals surface area contributed by atoms with E-state index in [4.69, 9.17) is 0 Å².